The van der Waals surface area contributed by atoms with Gasteiger partial charge in [0.05, 0.1) is 6.20 Å². The summed E-state index contributed by atoms with van der Waals surface area (Å²) in [6, 6.07) is 3.87. The average molecular weight is 339 g/mol. The first-order valence-electron chi connectivity index (χ1n) is 6.31. The maximum absolute atomic E-state index is 13.8. The lowest BCUT2D eigenvalue weighted by atomic mass is 10.1. The van der Waals surface area contributed by atoms with Crippen molar-refractivity contribution in [1.29, 1.82) is 0 Å². The third-order valence-corrected chi connectivity index (χ3v) is 4.03. The van der Waals surface area contributed by atoms with Crippen molar-refractivity contribution in [2.75, 3.05) is 17.2 Å². The van der Waals surface area contributed by atoms with Crippen LogP contribution in [0, 0.1) is 19.7 Å². The molecule has 2 N–H and O–H groups in total. The second-order valence-corrected chi connectivity index (χ2v) is 5.26. The number of aromatic nitrogens is 2. The summed E-state index contributed by atoms with van der Waals surface area (Å²) in [6.07, 6.45) is 1.16. The van der Waals surface area contributed by atoms with Crippen LogP contribution in [0.1, 0.15) is 18.1 Å². The number of rotatable bonds is 4. The standard InChI is InChI=1S/C14H16BrFN4/c1-4-17-14-18-7-11(16)13(20-14)19-10-5-8(2)12(15)9(3)6-10/h5-7H,4H2,1-3H3,(H2,17,18,19,20). The van der Waals surface area contributed by atoms with Gasteiger partial charge in [-0.05, 0) is 44.0 Å². The highest BCUT2D eigenvalue weighted by molar-refractivity contribution is 9.10. The molecule has 0 radical (unpaired) electrons. The molecule has 0 atom stereocenters. The van der Waals surface area contributed by atoms with E-state index in [1.54, 1.807) is 0 Å². The van der Waals surface area contributed by atoms with Gasteiger partial charge in [0.25, 0.3) is 0 Å². The van der Waals surface area contributed by atoms with Crippen LogP contribution in [0.15, 0.2) is 22.8 Å². The number of nitrogens with one attached hydrogen (secondary N) is 2. The molecule has 0 amide bonds. The fourth-order valence-corrected chi connectivity index (χ4v) is 2.08. The number of hydrogen-bond donors (Lipinski definition) is 2. The van der Waals surface area contributed by atoms with E-state index < -0.39 is 5.82 Å². The van der Waals surface area contributed by atoms with Gasteiger partial charge in [-0.25, -0.2) is 9.37 Å². The Morgan fingerprint density at radius 1 is 1.25 bits per heavy atom. The van der Waals surface area contributed by atoms with E-state index >= 15 is 0 Å². The van der Waals surface area contributed by atoms with Gasteiger partial charge in [-0.1, -0.05) is 15.9 Å². The van der Waals surface area contributed by atoms with Crippen molar-refractivity contribution in [3.8, 4) is 0 Å². The van der Waals surface area contributed by atoms with Gasteiger partial charge in [0.1, 0.15) is 0 Å². The Morgan fingerprint density at radius 3 is 2.50 bits per heavy atom. The number of anilines is 3. The van der Waals surface area contributed by atoms with E-state index in [1.807, 2.05) is 32.9 Å². The third-order valence-electron chi connectivity index (χ3n) is 2.78. The lowest BCUT2D eigenvalue weighted by Crippen LogP contribution is -2.06. The maximum Gasteiger partial charge on any atom is 0.224 e. The third kappa shape index (κ3) is 3.25. The second-order valence-electron chi connectivity index (χ2n) is 4.47. The van der Waals surface area contributed by atoms with E-state index in [2.05, 4.69) is 36.5 Å². The second kappa shape index (κ2) is 6.17. The van der Waals surface area contributed by atoms with Crippen LogP contribution >= 0.6 is 15.9 Å². The normalized spacial score (nSPS) is 10.4. The summed E-state index contributed by atoms with van der Waals surface area (Å²) in [5.41, 5.74) is 2.95. The number of aryl methyl sites for hydroxylation is 2. The lowest BCUT2D eigenvalue weighted by molar-refractivity contribution is 0.619. The summed E-state index contributed by atoms with van der Waals surface area (Å²) in [5, 5.41) is 5.95. The predicted octanol–water partition coefficient (Wildman–Crippen LogP) is 4.17. The Kier molecular flexibility index (Phi) is 4.54. The quantitative estimate of drug-likeness (QED) is 0.878. The topological polar surface area (TPSA) is 49.8 Å². The van der Waals surface area contributed by atoms with E-state index in [4.69, 9.17) is 0 Å². The van der Waals surface area contributed by atoms with Crippen LogP contribution in [0.3, 0.4) is 0 Å². The van der Waals surface area contributed by atoms with Crippen molar-refractivity contribution in [2.45, 2.75) is 20.8 Å². The Morgan fingerprint density at radius 2 is 1.90 bits per heavy atom. The number of nitrogens with zero attached hydrogens (tertiary/aromatic N) is 2. The average Bonchev–Trinajstić information content (AvgIpc) is 2.40. The summed E-state index contributed by atoms with van der Waals surface area (Å²) in [4.78, 5) is 7.99. The molecule has 2 aromatic rings. The van der Waals surface area contributed by atoms with E-state index in [0.717, 1.165) is 27.5 Å². The number of hydrogen-bond acceptors (Lipinski definition) is 4. The largest absolute Gasteiger partial charge is 0.354 e. The molecule has 4 nitrogen and oxygen atoms in total. The van der Waals surface area contributed by atoms with Crippen molar-refractivity contribution in [2.24, 2.45) is 0 Å². The van der Waals surface area contributed by atoms with Crippen LogP contribution < -0.4 is 10.6 Å². The van der Waals surface area contributed by atoms with Crippen molar-refractivity contribution in [3.63, 3.8) is 0 Å². The highest BCUT2D eigenvalue weighted by Gasteiger charge is 2.09. The molecule has 0 bridgehead atoms. The van der Waals surface area contributed by atoms with E-state index in [1.165, 1.54) is 0 Å². The van der Waals surface area contributed by atoms with Gasteiger partial charge in [-0.2, -0.15) is 4.98 Å². The molecule has 0 aliphatic rings. The van der Waals surface area contributed by atoms with Crippen LogP contribution in [0.2, 0.25) is 0 Å². The first-order valence-corrected chi connectivity index (χ1v) is 7.10. The minimum Gasteiger partial charge on any atom is -0.354 e. The molecule has 2 rings (SSSR count). The zero-order chi connectivity index (χ0) is 14.7. The monoisotopic (exact) mass is 338 g/mol. The molecule has 0 fully saturated rings. The van der Waals surface area contributed by atoms with Crippen LogP contribution in [-0.2, 0) is 0 Å². The Labute approximate surface area is 126 Å². The van der Waals surface area contributed by atoms with E-state index in [-0.39, 0.29) is 5.82 Å². The van der Waals surface area contributed by atoms with Gasteiger partial charge >= 0.3 is 0 Å². The summed E-state index contributed by atoms with van der Waals surface area (Å²) in [5.74, 6) is 0.0869. The molecule has 6 heteroatoms. The highest BCUT2D eigenvalue weighted by atomic mass is 79.9. The predicted molar refractivity (Wildman–Crippen MR) is 83.1 cm³/mol. The van der Waals surface area contributed by atoms with Crippen LogP contribution in [0.4, 0.5) is 21.8 Å². The summed E-state index contributed by atoms with van der Waals surface area (Å²) >= 11 is 3.51. The van der Waals surface area contributed by atoms with Gasteiger partial charge in [0.15, 0.2) is 11.6 Å². The molecule has 1 heterocycles. The molecule has 20 heavy (non-hydrogen) atoms. The molecule has 0 aliphatic carbocycles. The van der Waals surface area contributed by atoms with Crippen LogP contribution in [-0.4, -0.2) is 16.5 Å². The van der Waals surface area contributed by atoms with Crippen molar-refractivity contribution < 1.29 is 4.39 Å². The molecular weight excluding hydrogens is 323 g/mol. The van der Waals surface area contributed by atoms with Gasteiger partial charge in [-0.15, -0.1) is 0 Å². The summed E-state index contributed by atoms with van der Waals surface area (Å²) in [7, 11) is 0. The molecule has 106 valence electrons. The number of benzene rings is 1. The molecule has 0 saturated heterocycles. The minimum absolute atomic E-state index is 0.164. The van der Waals surface area contributed by atoms with Crippen LogP contribution in [0.5, 0.6) is 0 Å². The SMILES string of the molecule is CCNc1ncc(F)c(Nc2cc(C)c(Br)c(C)c2)n1. The molecule has 1 aromatic carbocycles. The molecule has 1 aromatic heterocycles. The van der Waals surface area contributed by atoms with Crippen molar-refractivity contribution in [1.82, 2.24) is 9.97 Å². The van der Waals surface area contributed by atoms with Crippen LogP contribution in [0.25, 0.3) is 0 Å². The number of halogens is 2. The smallest absolute Gasteiger partial charge is 0.224 e. The molecule has 0 saturated carbocycles. The highest BCUT2D eigenvalue weighted by Crippen LogP contribution is 2.27. The molecular formula is C14H16BrFN4. The fourth-order valence-electron chi connectivity index (χ4n) is 1.85. The molecule has 0 spiro atoms. The van der Waals surface area contributed by atoms with Gasteiger partial charge in [-0.3, -0.25) is 0 Å². The molecule has 0 aliphatic heterocycles. The summed E-state index contributed by atoms with van der Waals surface area (Å²) < 4.78 is 14.8. The zero-order valence-electron chi connectivity index (χ0n) is 11.6. The van der Waals surface area contributed by atoms with Gasteiger partial charge in [0, 0.05) is 16.7 Å². The molecule has 0 unspecified atom stereocenters. The Balaban J connectivity index is 2.32. The minimum atomic E-state index is -0.482. The van der Waals surface area contributed by atoms with E-state index in [0.29, 0.717) is 12.5 Å². The van der Waals surface area contributed by atoms with E-state index in [9.17, 15) is 4.39 Å². The zero-order valence-corrected chi connectivity index (χ0v) is 13.2. The first kappa shape index (κ1) is 14.7. The van der Waals surface area contributed by atoms with Gasteiger partial charge in [0.2, 0.25) is 5.95 Å². The fraction of sp³-hybridized carbons (Fsp3) is 0.286. The Hall–Kier alpha value is -1.69. The van der Waals surface area contributed by atoms with Gasteiger partial charge < -0.3 is 10.6 Å². The maximum atomic E-state index is 13.8. The first-order chi connectivity index (χ1) is 9.51. The lowest BCUT2D eigenvalue weighted by Gasteiger charge is -2.11. The Bertz CT molecular complexity index is 608. The van der Waals surface area contributed by atoms with Crippen molar-refractivity contribution in [3.05, 3.63) is 39.7 Å². The van der Waals surface area contributed by atoms with Crippen molar-refractivity contribution >= 4 is 33.4 Å². The summed E-state index contributed by atoms with van der Waals surface area (Å²) in [6.45, 7) is 6.59.